The second kappa shape index (κ2) is 8.58. The van der Waals surface area contributed by atoms with Crippen LogP contribution in [-0.2, 0) is 0 Å². The second-order valence-electron chi connectivity index (χ2n) is 8.50. The Labute approximate surface area is 173 Å². The van der Waals surface area contributed by atoms with Gasteiger partial charge >= 0.3 is 0 Å². The fourth-order valence-corrected chi connectivity index (χ4v) is 5.06. The summed E-state index contributed by atoms with van der Waals surface area (Å²) >= 11 is 0. The summed E-state index contributed by atoms with van der Waals surface area (Å²) in [4.78, 5) is 9.34. The van der Waals surface area contributed by atoms with Crippen molar-refractivity contribution in [3.8, 4) is 5.75 Å². The van der Waals surface area contributed by atoms with E-state index in [0.717, 1.165) is 38.4 Å². The molecule has 29 heavy (non-hydrogen) atoms. The van der Waals surface area contributed by atoms with Crippen molar-refractivity contribution in [2.45, 2.75) is 38.5 Å². The van der Waals surface area contributed by atoms with Crippen LogP contribution in [0, 0.1) is 0 Å². The van der Waals surface area contributed by atoms with Crippen LogP contribution in [0.1, 0.15) is 44.1 Å². The molecule has 0 aliphatic carbocycles. The lowest BCUT2D eigenvalue weighted by Crippen LogP contribution is -2.41. The van der Waals surface area contributed by atoms with Crippen molar-refractivity contribution in [2.24, 2.45) is 0 Å². The third-order valence-electron chi connectivity index (χ3n) is 6.56. The molecule has 0 saturated carbocycles. The lowest BCUT2D eigenvalue weighted by Gasteiger charge is -2.27. The van der Waals surface area contributed by atoms with Crippen molar-refractivity contribution >= 4 is 11.3 Å². The highest BCUT2D eigenvalue weighted by atomic mass is 16.5. The van der Waals surface area contributed by atoms with E-state index in [1.165, 1.54) is 72.5 Å². The number of aromatic nitrogens is 1. The van der Waals surface area contributed by atoms with Gasteiger partial charge in [0.25, 0.3) is 0 Å². The van der Waals surface area contributed by atoms with Gasteiger partial charge in [-0.2, -0.15) is 0 Å². The number of rotatable bonds is 6. The largest absolute Gasteiger partial charge is 0.494 e. The Morgan fingerprint density at radius 1 is 0.897 bits per heavy atom. The molecule has 1 aromatic carbocycles. The van der Waals surface area contributed by atoms with Gasteiger partial charge in [-0.05, 0) is 85.8 Å². The summed E-state index contributed by atoms with van der Waals surface area (Å²) in [5, 5.41) is 2.74. The van der Waals surface area contributed by atoms with Crippen LogP contribution in [0.5, 0.6) is 5.75 Å². The predicted octanol–water partition coefficient (Wildman–Crippen LogP) is 2.75. The third-order valence-corrected chi connectivity index (χ3v) is 6.56. The number of hydrogen-bond donors (Lipinski definition) is 0. The molecule has 0 unspecified atom stereocenters. The van der Waals surface area contributed by atoms with Crippen molar-refractivity contribution in [2.75, 3.05) is 39.3 Å². The predicted molar refractivity (Wildman–Crippen MR) is 117 cm³/mol. The van der Waals surface area contributed by atoms with Crippen molar-refractivity contribution < 1.29 is 4.74 Å². The van der Waals surface area contributed by atoms with Crippen LogP contribution in [0.15, 0.2) is 42.7 Å². The number of pyridine rings is 1. The number of ether oxygens (including phenoxy) is 1. The van der Waals surface area contributed by atoms with Gasteiger partial charge in [0, 0.05) is 42.9 Å². The normalized spacial score (nSPS) is 19.2. The van der Waals surface area contributed by atoms with Crippen LogP contribution >= 0.6 is 0 Å². The lowest BCUT2D eigenvalue weighted by molar-refractivity contribution is 0.205. The molecule has 4 heteroatoms. The first kappa shape index (κ1) is 18.7. The van der Waals surface area contributed by atoms with Gasteiger partial charge in [-0.1, -0.05) is 12.5 Å². The number of nitrogens with zero attached hydrogens (tertiary/aromatic N) is 3. The van der Waals surface area contributed by atoms with E-state index in [4.69, 9.17) is 4.74 Å². The van der Waals surface area contributed by atoms with Gasteiger partial charge in [-0.15, -0.1) is 0 Å². The first-order valence-corrected chi connectivity index (χ1v) is 11.3. The number of fused-ring (bicyclic) bond motifs is 2. The molecular weight excluding hydrogens is 358 g/mol. The molecule has 2 fully saturated rings. The van der Waals surface area contributed by atoms with Crippen molar-refractivity contribution in [1.82, 2.24) is 14.8 Å². The van der Waals surface area contributed by atoms with E-state index in [2.05, 4.69) is 45.1 Å². The zero-order valence-corrected chi connectivity index (χ0v) is 17.3. The van der Waals surface area contributed by atoms with Gasteiger partial charge in [0.05, 0.1) is 6.61 Å². The van der Waals surface area contributed by atoms with Crippen LogP contribution in [0.2, 0.25) is 0 Å². The fourth-order valence-electron chi connectivity index (χ4n) is 5.06. The molecule has 0 radical (unpaired) electrons. The quantitative estimate of drug-likeness (QED) is 0.711. The first-order chi connectivity index (χ1) is 14.4. The number of benzene rings is 1. The molecule has 3 aliphatic heterocycles. The Morgan fingerprint density at radius 2 is 1.76 bits per heavy atom. The monoisotopic (exact) mass is 389 g/mol. The molecule has 0 atom stereocenters. The maximum Gasteiger partial charge on any atom is 0.119 e. The second-order valence-corrected chi connectivity index (χ2v) is 8.50. The molecule has 0 bridgehead atoms. The highest BCUT2D eigenvalue weighted by Crippen LogP contribution is 2.26. The van der Waals surface area contributed by atoms with Crippen LogP contribution in [0.25, 0.3) is 11.3 Å². The average molecular weight is 390 g/mol. The molecule has 0 N–H and O–H groups in total. The lowest BCUT2D eigenvalue weighted by atomic mass is 9.98. The molecule has 3 aliphatic rings. The minimum atomic E-state index is 0.801. The van der Waals surface area contributed by atoms with Crippen LogP contribution < -0.4 is 15.2 Å². The number of likely N-dealkylation sites (tertiary alicyclic amines) is 1. The zero-order chi connectivity index (χ0) is 19.5. The van der Waals surface area contributed by atoms with E-state index in [9.17, 15) is 0 Å². The van der Waals surface area contributed by atoms with Gasteiger partial charge in [-0.25, -0.2) is 0 Å². The average Bonchev–Trinajstić information content (AvgIpc) is 3.26. The molecule has 0 spiro atoms. The minimum Gasteiger partial charge on any atom is -0.494 e. The molecule has 5 rings (SSSR count). The summed E-state index contributed by atoms with van der Waals surface area (Å²) in [6.07, 6.45) is 11.4. The van der Waals surface area contributed by atoms with E-state index in [1.54, 1.807) is 0 Å². The van der Waals surface area contributed by atoms with E-state index in [1.807, 2.05) is 12.4 Å². The molecule has 4 heterocycles. The molecule has 2 aromatic rings. The van der Waals surface area contributed by atoms with Crippen LogP contribution in [-0.4, -0.2) is 54.1 Å². The summed E-state index contributed by atoms with van der Waals surface area (Å²) in [6, 6.07) is 11.0. The van der Waals surface area contributed by atoms with Gasteiger partial charge in [0.1, 0.15) is 5.75 Å². The van der Waals surface area contributed by atoms with Crippen LogP contribution in [0.3, 0.4) is 0 Å². The van der Waals surface area contributed by atoms with Gasteiger partial charge in [-0.3, -0.25) is 4.98 Å². The Balaban J connectivity index is 1.37. The van der Waals surface area contributed by atoms with E-state index in [0.29, 0.717) is 0 Å². The zero-order valence-electron chi connectivity index (χ0n) is 17.3. The summed E-state index contributed by atoms with van der Waals surface area (Å²) in [6.45, 7) is 6.65. The van der Waals surface area contributed by atoms with E-state index in [-0.39, 0.29) is 0 Å². The Kier molecular flexibility index (Phi) is 5.53. The highest BCUT2D eigenvalue weighted by Gasteiger charge is 2.24. The Morgan fingerprint density at radius 3 is 2.62 bits per heavy atom. The standard InChI is InChI=1S/C25H31N3O/c1-2-13-27(14-3-1)15-5-17-29-21-7-8-22-23(18-21)25-6-4-16-28(25)19-24(22)20-9-11-26-12-10-20/h7-12,18H,1-6,13-17,19H2. The summed E-state index contributed by atoms with van der Waals surface area (Å²) in [7, 11) is 0. The maximum atomic E-state index is 6.17. The maximum absolute atomic E-state index is 6.17. The fraction of sp³-hybridized carbons (Fsp3) is 0.480. The number of piperidine rings is 1. The van der Waals surface area contributed by atoms with Crippen LogP contribution in [0.4, 0.5) is 0 Å². The smallest absolute Gasteiger partial charge is 0.119 e. The highest BCUT2D eigenvalue weighted by molar-refractivity contribution is 5.71. The summed E-state index contributed by atoms with van der Waals surface area (Å²) in [5.74, 6) is 1.01. The third kappa shape index (κ3) is 4.04. The molecule has 4 nitrogen and oxygen atoms in total. The molecule has 152 valence electrons. The minimum absolute atomic E-state index is 0.801. The van der Waals surface area contributed by atoms with Crippen molar-refractivity contribution in [3.63, 3.8) is 0 Å². The summed E-state index contributed by atoms with van der Waals surface area (Å²) < 4.78 is 6.17. The van der Waals surface area contributed by atoms with Gasteiger partial charge in [0.15, 0.2) is 0 Å². The first-order valence-electron chi connectivity index (χ1n) is 11.3. The molecule has 1 aromatic heterocycles. The number of hydrogen-bond acceptors (Lipinski definition) is 4. The molecule has 2 saturated heterocycles. The Bertz CT molecular complexity index is 963. The molecular formula is C25H31N3O. The topological polar surface area (TPSA) is 28.6 Å². The van der Waals surface area contributed by atoms with Gasteiger partial charge < -0.3 is 14.5 Å². The summed E-state index contributed by atoms with van der Waals surface area (Å²) in [5.41, 5.74) is 4.18. The van der Waals surface area contributed by atoms with Crippen molar-refractivity contribution in [3.05, 3.63) is 58.7 Å². The molecule has 0 amide bonds. The van der Waals surface area contributed by atoms with E-state index >= 15 is 0 Å². The van der Waals surface area contributed by atoms with Crippen molar-refractivity contribution in [1.29, 1.82) is 0 Å². The van der Waals surface area contributed by atoms with E-state index < -0.39 is 0 Å². The SMILES string of the molecule is c1cc(C2=c3ccc(OCCCN4CCCCC4)cc3=C3CCCN3C2)ccn1. The van der Waals surface area contributed by atoms with Gasteiger partial charge in [0.2, 0.25) is 0 Å². The Hall–Kier alpha value is -2.33.